The van der Waals surface area contributed by atoms with Crippen LogP contribution in [0.4, 0.5) is 0 Å². The Kier molecular flexibility index (Phi) is 8.24. The molecule has 0 N–H and O–H groups in total. The van der Waals surface area contributed by atoms with E-state index < -0.39 is 0 Å². The number of fused-ring (bicyclic) bond motifs is 3. The van der Waals surface area contributed by atoms with Crippen molar-refractivity contribution in [2.24, 2.45) is 0 Å². The molecule has 3 aromatic heterocycles. The first kappa shape index (κ1) is 32.4. The van der Waals surface area contributed by atoms with Crippen LogP contribution in [0.2, 0.25) is 0 Å². The van der Waals surface area contributed by atoms with E-state index >= 15 is 0 Å². The summed E-state index contributed by atoms with van der Waals surface area (Å²) in [5.41, 5.74) is 7.96. The summed E-state index contributed by atoms with van der Waals surface area (Å²) >= 11 is 1.78. The Hall–Kier alpha value is -7.22. The highest BCUT2D eigenvalue weighted by Gasteiger charge is 2.17. The van der Waals surface area contributed by atoms with E-state index in [9.17, 15) is 0 Å². The molecule has 0 saturated carbocycles. The number of rotatable bonds is 7. The van der Waals surface area contributed by atoms with E-state index in [2.05, 4.69) is 60.7 Å². The van der Waals surface area contributed by atoms with Crippen molar-refractivity contribution in [2.75, 3.05) is 0 Å². The van der Waals surface area contributed by atoms with Gasteiger partial charge in [0.15, 0.2) is 34.9 Å². The summed E-state index contributed by atoms with van der Waals surface area (Å²) in [6.07, 6.45) is 0. The molecule has 7 heteroatoms. The van der Waals surface area contributed by atoms with Gasteiger partial charge in [0.25, 0.3) is 0 Å². The van der Waals surface area contributed by atoms with E-state index in [-0.39, 0.29) is 0 Å². The van der Waals surface area contributed by atoms with Crippen molar-refractivity contribution in [3.8, 4) is 79.5 Å². The minimum Gasteiger partial charge on any atom is -0.208 e. The minimum absolute atomic E-state index is 0.634. The fourth-order valence-corrected chi connectivity index (χ4v) is 8.05. The van der Waals surface area contributed by atoms with Crippen molar-refractivity contribution in [3.63, 3.8) is 0 Å². The van der Waals surface area contributed by atoms with E-state index in [1.807, 2.05) is 121 Å². The van der Waals surface area contributed by atoms with Crippen LogP contribution < -0.4 is 0 Å². The third kappa shape index (κ3) is 6.33. The van der Waals surface area contributed by atoms with Crippen molar-refractivity contribution in [1.29, 1.82) is 0 Å². The molecule has 6 nitrogen and oxygen atoms in total. The van der Waals surface area contributed by atoms with Crippen LogP contribution in [0.25, 0.3) is 99.6 Å². The van der Waals surface area contributed by atoms with Gasteiger partial charge in [0.05, 0.1) is 0 Å². The molecule has 0 aliphatic rings. The van der Waals surface area contributed by atoms with Crippen LogP contribution in [-0.2, 0) is 0 Å². The van der Waals surface area contributed by atoms with Gasteiger partial charge in [0.1, 0.15) is 0 Å². The maximum atomic E-state index is 4.97. The van der Waals surface area contributed by atoms with Crippen molar-refractivity contribution in [2.45, 2.75) is 0 Å². The van der Waals surface area contributed by atoms with Gasteiger partial charge < -0.3 is 0 Å². The quantitative estimate of drug-likeness (QED) is 0.163. The van der Waals surface area contributed by atoms with Gasteiger partial charge in [-0.1, -0.05) is 170 Å². The van der Waals surface area contributed by atoms with Crippen LogP contribution in [0.1, 0.15) is 0 Å². The summed E-state index contributed by atoms with van der Waals surface area (Å²) in [5, 5.41) is 2.42. The Bertz CT molecular complexity index is 2840. The molecular formula is C48H30N6S. The van der Waals surface area contributed by atoms with Gasteiger partial charge in [-0.25, -0.2) is 29.9 Å². The highest BCUT2D eigenvalue weighted by molar-refractivity contribution is 7.26. The summed E-state index contributed by atoms with van der Waals surface area (Å²) < 4.78 is 2.39. The molecular weight excluding hydrogens is 693 g/mol. The smallest absolute Gasteiger partial charge is 0.164 e. The maximum absolute atomic E-state index is 4.97. The molecule has 0 bridgehead atoms. The topological polar surface area (TPSA) is 77.3 Å². The van der Waals surface area contributed by atoms with Crippen LogP contribution in [0, 0.1) is 0 Å². The SMILES string of the molecule is c1ccc(-c2nc(-c3ccccc3)nc(-c3ccc(-c4cccc5sc6cc(-c7nc(-c8ccccc8)nc(-c8ccccc8)n7)ccc6c45)cc3)n2)cc1. The first-order valence-corrected chi connectivity index (χ1v) is 18.9. The second-order valence-corrected chi connectivity index (χ2v) is 14.2. The Morgan fingerprint density at radius 2 is 0.636 bits per heavy atom. The van der Waals surface area contributed by atoms with E-state index in [0.29, 0.717) is 34.9 Å². The molecule has 7 aromatic carbocycles. The van der Waals surface area contributed by atoms with Crippen LogP contribution >= 0.6 is 11.3 Å². The summed E-state index contributed by atoms with van der Waals surface area (Å²) in [5.74, 6) is 3.87. The zero-order valence-corrected chi connectivity index (χ0v) is 30.2. The highest BCUT2D eigenvalue weighted by Crippen LogP contribution is 2.42. The van der Waals surface area contributed by atoms with E-state index in [1.54, 1.807) is 11.3 Å². The summed E-state index contributed by atoms with van der Waals surface area (Å²) in [4.78, 5) is 29.5. The number of hydrogen-bond donors (Lipinski definition) is 0. The number of nitrogens with zero attached hydrogens (tertiary/aromatic N) is 6. The van der Waals surface area contributed by atoms with Crippen molar-refractivity contribution >= 4 is 31.5 Å². The number of thiophene rings is 1. The number of aromatic nitrogens is 6. The molecule has 0 amide bonds. The number of hydrogen-bond acceptors (Lipinski definition) is 7. The lowest BCUT2D eigenvalue weighted by Crippen LogP contribution is -2.00. The summed E-state index contributed by atoms with van der Waals surface area (Å²) in [6.45, 7) is 0. The molecule has 0 saturated heterocycles. The zero-order valence-electron chi connectivity index (χ0n) is 29.4. The largest absolute Gasteiger partial charge is 0.208 e. The normalized spacial score (nSPS) is 11.3. The maximum Gasteiger partial charge on any atom is 0.164 e. The van der Waals surface area contributed by atoms with Crippen LogP contribution in [0.5, 0.6) is 0 Å². The van der Waals surface area contributed by atoms with Crippen molar-refractivity contribution in [3.05, 3.63) is 182 Å². The minimum atomic E-state index is 0.634. The van der Waals surface area contributed by atoms with E-state index in [0.717, 1.165) is 38.9 Å². The summed E-state index contributed by atoms with van der Waals surface area (Å²) in [7, 11) is 0. The molecule has 0 unspecified atom stereocenters. The molecule has 0 atom stereocenters. The second-order valence-electron chi connectivity index (χ2n) is 13.1. The predicted molar refractivity (Wildman–Crippen MR) is 224 cm³/mol. The molecule has 3 heterocycles. The lowest BCUT2D eigenvalue weighted by molar-refractivity contribution is 1.07. The lowest BCUT2D eigenvalue weighted by Gasteiger charge is -2.10. The fourth-order valence-electron chi connectivity index (χ4n) is 6.88. The second kappa shape index (κ2) is 14.0. The standard InChI is InChI=1S/C48H30N6S/c1-5-14-32(15-6-1)43-49-44(33-16-7-2-8-17-33)52-47(51-43)36-26-24-31(25-27-36)38-22-13-23-40-42(38)39-29-28-37(30-41(39)55-40)48-53-45(34-18-9-3-10-19-34)50-46(54-48)35-20-11-4-12-21-35/h1-30H. The number of benzene rings is 7. The fraction of sp³-hybridized carbons (Fsp3) is 0. The molecule has 0 spiro atoms. The Balaban J connectivity index is 1.04. The first-order valence-electron chi connectivity index (χ1n) is 18.0. The summed E-state index contributed by atoms with van der Waals surface area (Å²) in [6, 6.07) is 61.9. The zero-order chi connectivity index (χ0) is 36.6. The van der Waals surface area contributed by atoms with E-state index in [4.69, 9.17) is 29.9 Å². The molecule has 0 aliphatic carbocycles. The van der Waals surface area contributed by atoms with Gasteiger partial charge in [-0.15, -0.1) is 11.3 Å². The third-order valence-corrected chi connectivity index (χ3v) is 10.7. The average Bonchev–Trinajstić information content (AvgIpc) is 3.66. The molecule has 10 rings (SSSR count). The van der Waals surface area contributed by atoms with Gasteiger partial charge in [0, 0.05) is 53.6 Å². The van der Waals surface area contributed by atoms with Crippen LogP contribution in [0.15, 0.2) is 182 Å². The molecule has 0 fully saturated rings. The molecule has 10 aromatic rings. The van der Waals surface area contributed by atoms with Gasteiger partial charge in [-0.3, -0.25) is 0 Å². The molecule has 258 valence electrons. The van der Waals surface area contributed by atoms with Crippen molar-refractivity contribution < 1.29 is 0 Å². The first-order chi connectivity index (χ1) is 27.2. The van der Waals surface area contributed by atoms with E-state index in [1.165, 1.54) is 25.7 Å². The van der Waals surface area contributed by atoms with Crippen LogP contribution in [-0.4, -0.2) is 29.9 Å². The average molecular weight is 723 g/mol. The molecule has 55 heavy (non-hydrogen) atoms. The van der Waals surface area contributed by atoms with Gasteiger partial charge >= 0.3 is 0 Å². The van der Waals surface area contributed by atoms with Crippen molar-refractivity contribution in [1.82, 2.24) is 29.9 Å². The molecule has 0 radical (unpaired) electrons. The predicted octanol–water partition coefficient (Wildman–Crippen LogP) is 12.1. The van der Waals surface area contributed by atoms with Gasteiger partial charge in [-0.2, -0.15) is 0 Å². The van der Waals surface area contributed by atoms with Gasteiger partial charge in [0.2, 0.25) is 0 Å². The Morgan fingerprint density at radius 1 is 0.273 bits per heavy atom. The molecule has 0 aliphatic heterocycles. The Labute approximate surface area is 321 Å². The van der Waals surface area contributed by atoms with Crippen LogP contribution in [0.3, 0.4) is 0 Å². The third-order valence-electron chi connectivity index (χ3n) is 9.61. The Morgan fingerprint density at radius 3 is 1.07 bits per heavy atom. The lowest BCUT2D eigenvalue weighted by atomic mass is 9.98. The monoisotopic (exact) mass is 722 g/mol. The highest BCUT2D eigenvalue weighted by atomic mass is 32.1. The van der Waals surface area contributed by atoms with Gasteiger partial charge in [-0.05, 0) is 23.3 Å².